The Labute approximate surface area is 132 Å². The van der Waals surface area contributed by atoms with Crippen molar-refractivity contribution in [1.82, 2.24) is 9.97 Å². The Bertz CT molecular complexity index is 567. The van der Waals surface area contributed by atoms with E-state index in [1.165, 1.54) is 0 Å². The van der Waals surface area contributed by atoms with E-state index < -0.39 is 0 Å². The van der Waals surface area contributed by atoms with Crippen molar-refractivity contribution >= 4 is 40.6 Å². The van der Waals surface area contributed by atoms with Gasteiger partial charge >= 0.3 is 0 Å². The Kier molecular flexibility index (Phi) is 5.29. The van der Waals surface area contributed by atoms with Crippen molar-refractivity contribution in [2.24, 2.45) is 0 Å². The maximum Gasteiger partial charge on any atom is 0.157 e. The second-order valence-corrected chi connectivity index (χ2v) is 5.16. The van der Waals surface area contributed by atoms with Crippen molar-refractivity contribution in [1.29, 1.82) is 0 Å². The van der Waals surface area contributed by atoms with Gasteiger partial charge in [0.2, 0.25) is 0 Å². The summed E-state index contributed by atoms with van der Waals surface area (Å²) in [7, 11) is 0. The van der Waals surface area contributed by atoms with E-state index >= 15 is 0 Å². The molecule has 1 aromatic heterocycles. The van der Waals surface area contributed by atoms with Crippen molar-refractivity contribution in [2.45, 2.75) is 13.5 Å². The number of nitrogens with zero attached hydrogens (tertiary/aromatic N) is 2. The fourth-order valence-corrected chi connectivity index (χ4v) is 2.44. The molecule has 0 radical (unpaired) electrons. The molecular weight excluding hydrogens is 321 g/mol. The Hall–Kier alpha value is -1.23. The first-order valence-electron chi connectivity index (χ1n) is 5.92. The highest BCUT2D eigenvalue weighted by molar-refractivity contribution is 6.40. The fourth-order valence-electron chi connectivity index (χ4n) is 1.51. The Balaban J connectivity index is 2.05. The molecule has 2 aromatic rings. The van der Waals surface area contributed by atoms with Crippen molar-refractivity contribution < 1.29 is 4.74 Å². The molecule has 0 atom stereocenters. The van der Waals surface area contributed by atoms with E-state index in [2.05, 4.69) is 15.3 Å². The molecule has 0 amide bonds. The van der Waals surface area contributed by atoms with Crippen LogP contribution in [0.2, 0.25) is 15.1 Å². The van der Waals surface area contributed by atoms with Gasteiger partial charge in [0.1, 0.15) is 12.4 Å². The molecule has 0 saturated carbocycles. The Morgan fingerprint density at radius 3 is 2.35 bits per heavy atom. The number of nitrogens with one attached hydrogen (secondary N) is 1. The molecule has 0 fully saturated rings. The zero-order chi connectivity index (χ0) is 14.5. The number of aromatic nitrogens is 2. The van der Waals surface area contributed by atoms with E-state index in [-0.39, 0.29) is 6.61 Å². The van der Waals surface area contributed by atoms with Crippen LogP contribution in [0.5, 0.6) is 5.75 Å². The number of benzene rings is 1. The molecule has 7 heteroatoms. The summed E-state index contributed by atoms with van der Waals surface area (Å²) in [4.78, 5) is 8.43. The van der Waals surface area contributed by atoms with E-state index in [4.69, 9.17) is 39.5 Å². The third-order valence-electron chi connectivity index (χ3n) is 2.39. The fraction of sp³-hybridized carbons (Fsp3) is 0.231. The molecule has 0 aliphatic carbocycles. The second kappa shape index (κ2) is 6.97. The number of ether oxygens (including phenoxy) is 1. The number of hydrogen-bond donors (Lipinski definition) is 1. The summed E-state index contributed by atoms with van der Waals surface area (Å²) in [6.07, 6.45) is 3.28. The summed E-state index contributed by atoms with van der Waals surface area (Å²) in [5, 5.41) is 4.24. The summed E-state index contributed by atoms with van der Waals surface area (Å²) in [6, 6.07) is 3.15. The summed E-state index contributed by atoms with van der Waals surface area (Å²) in [5.74, 6) is 1.11. The van der Waals surface area contributed by atoms with E-state index in [9.17, 15) is 0 Å². The van der Waals surface area contributed by atoms with Gasteiger partial charge in [-0.3, -0.25) is 4.98 Å². The molecule has 0 spiro atoms. The molecule has 0 aliphatic heterocycles. The lowest BCUT2D eigenvalue weighted by molar-refractivity contribution is 0.301. The van der Waals surface area contributed by atoms with Gasteiger partial charge in [-0.1, -0.05) is 34.8 Å². The number of anilines is 1. The summed E-state index contributed by atoms with van der Waals surface area (Å²) in [6.45, 7) is 3.00. The number of halogens is 3. The molecule has 0 bridgehead atoms. The normalized spacial score (nSPS) is 10.4. The highest BCUT2D eigenvalue weighted by Gasteiger charge is 2.10. The predicted octanol–water partition coefficient (Wildman–Crippen LogP) is 4.45. The van der Waals surface area contributed by atoms with Gasteiger partial charge in [0.15, 0.2) is 5.75 Å². The van der Waals surface area contributed by atoms with Crippen molar-refractivity contribution in [3.8, 4) is 5.75 Å². The molecule has 2 rings (SSSR count). The van der Waals surface area contributed by atoms with Crippen LogP contribution < -0.4 is 10.1 Å². The molecule has 0 unspecified atom stereocenters. The standard InChI is InChI=1S/C13H12Cl3N3O/c1-2-17-12-6-18-9(5-19-12)7-20-13-10(15)3-8(14)4-11(13)16/h3-6H,2,7H2,1H3,(H,17,19). The molecule has 0 aliphatic rings. The first kappa shape index (κ1) is 15.2. The molecule has 106 valence electrons. The molecule has 20 heavy (non-hydrogen) atoms. The first-order chi connectivity index (χ1) is 9.60. The van der Waals surface area contributed by atoms with Gasteiger partial charge in [-0.25, -0.2) is 4.98 Å². The van der Waals surface area contributed by atoms with Gasteiger partial charge in [0, 0.05) is 11.6 Å². The zero-order valence-electron chi connectivity index (χ0n) is 10.7. The lowest BCUT2D eigenvalue weighted by Gasteiger charge is -2.10. The largest absolute Gasteiger partial charge is 0.484 e. The number of hydrogen-bond acceptors (Lipinski definition) is 4. The summed E-state index contributed by atoms with van der Waals surface area (Å²) < 4.78 is 5.56. The van der Waals surface area contributed by atoms with Gasteiger partial charge in [-0.15, -0.1) is 0 Å². The van der Waals surface area contributed by atoms with E-state index in [0.717, 1.165) is 12.4 Å². The topological polar surface area (TPSA) is 47.0 Å². The van der Waals surface area contributed by atoms with Crippen LogP contribution in [0, 0.1) is 0 Å². The third kappa shape index (κ3) is 3.88. The lowest BCUT2D eigenvalue weighted by atomic mass is 10.3. The predicted molar refractivity (Wildman–Crippen MR) is 82.0 cm³/mol. The average molecular weight is 333 g/mol. The minimum Gasteiger partial charge on any atom is -0.484 e. The average Bonchev–Trinajstić information content (AvgIpc) is 2.39. The minimum atomic E-state index is 0.223. The smallest absolute Gasteiger partial charge is 0.157 e. The van der Waals surface area contributed by atoms with E-state index in [1.807, 2.05) is 6.92 Å². The van der Waals surface area contributed by atoms with Crippen LogP contribution in [-0.2, 0) is 6.61 Å². The first-order valence-corrected chi connectivity index (χ1v) is 7.05. The maximum atomic E-state index is 6.03. The van der Waals surface area contributed by atoms with Crippen LogP contribution in [0.15, 0.2) is 24.5 Å². The third-order valence-corrected chi connectivity index (χ3v) is 3.17. The molecule has 1 aromatic carbocycles. The van der Waals surface area contributed by atoms with Gasteiger partial charge in [0.25, 0.3) is 0 Å². The molecule has 1 N–H and O–H groups in total. The summed E-state index contributed by atoms with van der Waals surface area (Å²) in [5.41, 5.74) is 0.675. The molecular formula is C13H12Cl3N3O. The van der Waals surface area contributed by atoms with Crippen molar-refractivity contribution in [3.05, 3.63) is 45.3 Å². The van der Waals surface area contributed by atoms with Crippen LogP contribution in [0.4, 0.5) is 5.82 Å². The van der Waals surface area contributed by atoms with Crippen molar-refractivity contribution in [2.75, 3.05) is 11.9 Å². The Morgan fingerprint density at radius 2 is 1.80 bits per heavy atom. The second-order valence-electron chi connectivity index (χ2n) is 3.91. The van der Waals surface area contributed by atoms with E-state index in [0.29, 0.717) is 26.5 Å². The van der Waals surface area contributed by atoms with Gasteiger partial charge < -0.3 is 10.1 Å². The molecule has 4 nitrogen and oxygen atoms in total. The molecule has 1 heterocycles. The molecule has 0 saturated heterocycles. The SMILES string of the molecule is CCNc1cnc(COc2c(Cl)cc(Cl)cc2Cl)cn1. The quantitative estimate of drug-likeness (QED) is 0.879. The Morgan fingerprint density at radius 1 is 1.10 bits per heavy atom. The van der Waals surface area contributed by atoms with Crippen LogP contribution in [0.1, 0.15) is 12.6 Å². The monoisotopic (exact) mass is 331 g/mol. The minimum absolute atomic E-state index is 0.223. The highest BCUT2D eigenvalue weighted by atomic mass is 35.5. The zero-order valence-corrected chi connectivity index (χ0v) is 12.9. The van der Waals surface area contributed by atoms with Crippen LogP contribution >= 0.6 is 34.8 Å². The van der Waals surface area contributed by atoms with Gasteiger partial charge in [-0.05, 0) is 19.1 Å². The van der Waals surface area contributed by atoms with Crippen LogP contribution in [-0.4, -0.2) is 16.5 Å². The summed E-state index contributed by atoms with van der Waals surface area (Å²) >= 11 is 17.9. The van der Waals surface area contributed by atoms with Crippen LogP contribution in [0.25, 0.3) is 0 Å². The van der Waals surface area contributed by atoms with E-state index in [1.54, 1.807) is 24.5 Å². The lowest BCUT2D eigenvalue weighted by Crippen LogP contribution is -2.03. The maximum absolute atomic E-state index is 6.03. The van der Waals surface area contributed by atoms with Gasteiger partial charge in [-0.2, -0.15) is 0 Å². The van der Waals surface area contributed by atoms with Gasteiger partial charge in [0.05, 0.1) is 28.1 Å². The van der Waals surface area contributed by atoms with Crippen LogP contribution in [0.3, 0.4) is 0 Å². The van der Waals surface area contributed by atoms with Crippen molar-refractivity contribution in [3.63, 3.8) is 0 Å². The number of rotatable bonds is 5. The highest BCUT2D eigenvalue weighted by Crippen LogP contribution is 2.36.